The number of thiocarbonyl (C=S) groups is 1. The van der Waals surface area contributed by atoms with Gasteiger partial charge in [-0.1, -0.05) is 12.2 Å². The molecule has 1 amide bonds. The lowest BCUT2D eigenvalue weighted by atomic mass is 10.3. The number of carbonyl (C=O) groups excluding carboxylic acids is 1. The van der Waals surface area contributed by atoms with E-state index in [9.17, 15) is 4.79 Å². The number of amides is 1. The summed E-state index contributed by atoms with van der Waals surface area (Å²) in [5.41, 5.74) is 5.30. The molecule has 0 saturated carbocycles. The molecule has 0 unspecified atom stereocenters. The van der Waals surface area contributed by atoms with Gasteiger partial charge in [-0.25, -0.2) is 0 Å². The van der Waals surface area contributed by atoms with Gasteiger partial charge in [-0.2, -0.15) is 0 Å². The van der Waals surface area contributed by atoms with Crippen LogP contribution in [0.5, 0.6) is 0 Å². The average molecular weight is 201 g/mol. The summed E-state index contributed by atoms with van der Waals surface area (Å²) in [5, 5.41) is 0. The highest BCUT2D eigenvalue weighted by Gasteiger charge is 2.18. The summed E-state index contributed by atoms with van der Waals surface area (Å²) in [4.78, 5) is 15.8. The Labute approximate surface area is 83.7 Å². The molecule has 0 aromatic heterocycles. The van der Waals surface area contributed by atoms with E-state index in [1.54, 1.807) is 0 Å². The molecule has 1 fully saturated rings. The van der Waals surface area contributed by atoms with Crippen molar-refractivity contribution < 1.29 is 4.79 Å². The second-order valence-corrected chi connectivity index (χ2v) is 3.85. The maximum Gasteiger partial charge on any atom is 0.229 e. The minimum absolute atomic E-state index is 0.0561. The summed E-state index contributed by atoms with van der Waals surface area (Å²) in [5.74, 6) is 0.0561. The number of rotatable bonds is 2. The van der Waals surface area contributed by atoms with E-state index in [1.807, 2.05) is 4.90 Å². The Hall–Kier alpha value is -0.680. The fourth-order valence-corrected chi connectivity index (χ4v) is 1.44. The van der Waals surface area contributed by atoms with Gasteiger partial charge in [0.1, 0.15) is 0 Å². The van der Waals surface area contributed by atoms with Crippen LogP contribution in [0.2, 0.25) is 0 Å². The number of nitrogens with two attached hydrogens (primary N) is 1. The average Bonchev–Trinajstić information content (AvgIpc) is 2.04. The number of carbonyl (C=O) groups is 1. The van der Waals surface area contributed by atoms with Crippen LogP contribution in [0.4, 0.5) is 0 Å². The zero-order valence-electron chi connectivity index (χ0n) is 7.82. The predicted octanol–water partition coefficient (Wildman–Crippen LogP) is -0.563. The van der Waals surface area contributed by atoms with Crippen molar-refractivity contribution in [1.29, 1.82) is 0 Å². The topological polar surface area (TPSA) is 49.6 Å². The van der Waals surface area contributed by atoms with Gasteiger partial charge in [0.2, 0.25) is 5.91 Å². The Balaban J connectivity index is 2.36. The van der Waals surface area contributed by atoms with Crippen molar-refractivity contribution in [2.45, 2.75) is 6.42 Å². The summed E-state index contributed by atoms with van der Waals surface area (Å²) < 4.78 is 0. The molecule has 13 heavy (non-hydrogen) atoms. The van der Waals surface area contributed by atoms with Crippen LogP contribution >= 0.6 is 12.2 Å². The monoisotopic (exact) mass is 201 g/mol. The van der Waals surface area contributed by atoms with Gasteiger partial charge in [0, 0.05) is 26.2 Å². The molecular formula is C8H15N3OS. The Kier molecular flexibility index (Phi) is 3.62. The third kappa shape index (κ3) is 3.28. The first-order valence-electron chi connectivity index (χ1n) is 4.34. The van der Waals surface area contributed by atoms with Gasteiger partial charge < -0.3 is 15.5 Å². The molecule has 0 atom stereocenters. The van der Waals surface area contributed by atoms with Gasteiger partial charge in [0.15, 0.2) is 0 Å². The fraction of sp³-hybridized carbons (Fsp3) is 0.750. The molecule has 4 nitrogen and oxygen atoms in total. The number of hydrogen-bond acceptors (Lipinski definition) is 3. The lowest BCUT2D eigenvalue weighted by Crippen LogP contribution is -2.47. The molecule has 1 heterocycles. The van der Waals surface area contributed by atoms with Crippen LogP contribution in [0.1, 0.15) is 6.42 Å². The molecule has 74 valence electrons. The zero-order valence-corrected chi connectivity index (χ0v) is 8.64. The minimum atomic E-state index is 0.0561. The molecule has 1 rings (SSSR count). The highest BCUT2D eigenvalue weighted by molar-refractivity contribution is 7.80. The standard InChI is InChI=1S/C8H15N3OS/c1-10-2-4-11(5-3-10)8(12)6-7(9)13/h2-6H2,1H3,(H2,9,13). The molecule has 0 bridgehead atoms. The molecule has 0 spiro atoms. The van der Waals surface area contributed by atoms with E-state index in [0.717, 1.165) is 26.2 Å². The predicted molar refractivity (Wildman–Crippen MR) is 55.5 cm³/mol. The smallest absolute Gasteiger partial charge is 0.229 e. The maximum atomic E-state index is 11.5. The molecular weight excluding hydrogens is 186 g/mol. The molecule has 0 aromatic rings. The van der Waals surface area contributed by atoms with E-state index in [2.05, 4.69) is 24.2 Å². The lowest BCUT2D eigenvalue weighted by molar-refractivity contribution is -0.131. The molecule has 0 aliphatic carbocycles. The number of likely N-dealkylation sites (N-methyl/N-ethyl adjacent to an activating group) is 1. The molecule has 5 heteroatoms. The van der Waals surface area contributed by atoms with E-state index in [-0.39, 0.29) is 17.3 Å². The van der Waals surface area contributed by atoms with Gasteiger partial charge in [-0.05, 0) is 7.05 Å². The van der Waals surface area contributed by atoms with E-state index in [4.69, 9.17) is 5.73 Å². The van der Waals surface area contributed by atoms with Crippen LogP contribution in [-0.2, 0) is 4.79 Å². The quantitative estimate of drug-likeness (QED) is 0.608. The van der Waals surface area contributed by atoms with E-state index in [1.165, 1.54) is 0 Å². The van der Waals surface area contributed by atoms with E-state index >= 15 is 0 Å². The van der Waals surface area contributed by atoms with Crippen molar-refractivity contribution in [2.75, 3.05) is 33.2 Å². The second kappa shape index (κ2) is 4.53. The highest BCUT2D eigenvalue weighted by Crippen LogP contribution is 2.01. The molecule has 0 aromatic carbocycles. The van der Waals surface area contributed by atoms with Crippen LogP contribution in [0, 0.1) is 0 Å². The molecule has 1 aliphatic heterocycles. The summed E-state index contributed by atoms with van der Waals surface area (Å²) in [6.07, 6.45) is 0.207. The lowest BCUT2D eigenvalue weighted by Gasteiger charge is -2.32. The van der Waals surface area contributed by atoms with E-state index < -0.39 is 0 Å². The van der Waals surface area contributed by atoms with Crippen LogP contribution in [0.3, 0.4) is 0 Å². The van der Waals surface area contributed by atoms with Gasteiger partial charge in [-0.3, -0.25) is 4.79 Å². The van der Waals surface area contributed by atoms with Crippen molar-refractivity contribution in [3.05, 3.63) is 0 Å². The normalized spacial score (nSPS) is 18.7. The largest absolute Gasteiger partial charge is 0.393 e. The molecule has 0 radical (unpaired) electrons. The summed E-state index contributed by atoms with van der Waals surface area (Å²) in [7, 11) is 2.05. The Morgan fingerprint density at radius 2 is 1.92 bits per heavy atom. The van der Waals surface area contributed by atoms with Crippen molar-refractivity contribution in [3.8, 4) is 0 Å². The fourth-order valence-electron chi connectivity index (χ4n) is 1.32. The number of hydrogen-bond donors (Lipinski definition) is 1. The summed E-state index contributed by atoms with van der Waals surface area (Å²) in [6.45, 7) is 3.45. The van der Waals surface area contributed by atoms with Gasteiger partial charge >= 0.3 is 0 Å². The Morgan fingerprint density at radius 3 is 2.38 bits per heavy atom. The van der Waals surface area contributed by atoms with Crippen LogP contribution in [0.25, 0.3) is 0 Å². The van der Waals surface area contributed by atoms with Crippen LogP contribution < -0.4 is 5.73 Å². The molecule has 1 saturated heterocycles. The minimum Gasteiger partial charge on any atom is -0.393 e. The van der Waals surface area contributed by atoms with Crippen molar-refractivity contribution >= 4 is 23.1 Å². The molecule has 2 N–H and O–H groups in total. The summed E-state index contributed by atoms with van der Waals surface area (Å²) in [6, 6.07) is 0. The third-order valence-electron chi connectivity index (χ3n) is 2.18. The van der Waals surface area contributed by atoms with Gasteiger partial charge in [0.25, 0.3) is 0 Å². The Morgan fingerprint density at radius 1 is 1.38 bits per heavy atom. The van der Waals surface area contributed by atoms with Gasteiger partial charge in [0.05, 0.1) is 11.4 Å². The number of nitrogens with zero attached hydrogens (tertiary/aromatic N) is 2. The zero-order chi connectivity index (χ0) is 9.84. The van der Waals surface area contributed by atoms with Crippen molar-refractivity contribution in [3.63, 3.8) is 0 Å². The third-order valence-corrected chi connectivity index (χ3v) is 2.33. The van der Waals surface area contributed by atoms with Crippen molar-refractivity contribution in [2.24, 2.45) is 5.73 Å². The van der Waals surface area contributed by atoms with Crippen LogP contribution in [-0.4, -0.2) is 53.9 Å². The molecule has 1 aliphatic rings. The Bertz CT molecular complexity index is 211. The first kappa shape index (κ1) is 10.4. The van der Waals surface area contributed by atoms with Gasteiger partial charge in [-0.15, -0.1) is 0 Å². The SMILES string of the molecule is CN1CCN(C(=O)CC(N)=S)CC1. The first-order chi connectivity index (χ1) is 6.09. The van der Waals surface area contributed by atoms with Crippen LogP contribution in [0.15, 0.2) is 0 Å². The first-order valence-corrected chi connectivity index (χ1v) is 4.75. The number of piperazine rings is 1. The summed E-state index contributed by atoms with van der Waals surface area (Å²) >= 11 is 4.68. The van der Waals surface area contributed by atoms with Crippen molar-refractivity contribution in [1.82, 2.24) is 9.80 Å². The second-order valence-electron chi connectivity index (χ2n) is 3.33. The highest BCUT2D eigenvalue weighted by atomic mass is 32.1. The van der Waals surface area contributed by atoms with E-state index in [0.29, 0.717) is 0 Å². The maximum absolute atomic E-state index is 11.5.